The van der Waals surface area contributed by atoms with E-state index in [-0.39, 0.29) is 18.8 Å². The largest absolute Gasteiger partial charge is 0.493 e. The molecule has 2 aromatic carbocycles. The number of thiocarbonyl (C=S) groups is 1. The number of nitrogens with one attached hydrogen (secondary N) is 1. The Balaban J connectivity index is 1.66. The number of ether oxygens (including phenoxy) is 4. The van der Waals surface area contributed by atoms with E-state index in [1.807, 2.05) is 37.3 Å². The number of hydrogen-bond acceptors (Lipinski definition) is 8. The maximum Gasteiger partial charge on any atom is 0.306 e. The summed E-state index contributed by atoms with van der Waals surface area (Å²) in [5.74, 6) is 1.96. The Morgan fingerprint density at radius 1 is 1.19 bits per heavy atom. The minimum atomic E-state index is -0.573. The number of anilines is 1. The van der Waals surface area contributed by atoms with Crippen LogP contribution in [0.2, 0.25) is 5.02 Å². The average molecular weight is 545 g/mol. The Kier molecular flexibility index (Phi) is 8.68. The summed E-state index contributed by atoms with van der Waals surface area (Å²) in [6.07, 6.45) is -0.235. The van der Waals surface area contributed by atoms with Crippen LogP contribution in [0.3, 0.4) is 0 Å². The first kappa shape index (κ1) is 26.9. The van der Waals surface area contributed by atoms with Crippen molar-refractivity contribution < 1.29 is 28.2 Å². The highest BCUT2D eigenvalue weighted by atomic mass is 35.5. The molecule has 37 heavy (non-hydrogen) atoms. The van der Waals surface area contributed by atoms with Gasteiger partial charge >= 0.3 is 5.97 Å². The SMILES string of the molecule is CCOC(=O)CCc1oc(C[C@H]2O[C@H](c3cccc(OC)c3OC)c3cc(Cl)ccc3NC2=S)nc1C. The highest BCUT2D eigenvalue weighted by Crippen LogP contribution is 2.43. The van der Waals surface area contributed by atoms with Crippen molar-refractivity contribution >= 4 is 40.5 Å². The molecule has 2 atom stereocenters. The van der Waals surface area contributed by atoms with Gasteiger partial charge in [0.25, 0.3) is 0 Å². The summed E-state index contributed by atoms with van der Waals surface area (Å²) in [6, 6.07) is 11.1. The average Bonchev–Trinajstić information content (AvgIpc) is 3.17. The third kappa shape index (κ3) is 6.06. The van der Waals surface area contributed by atoms with Crippen molar-refractivity contribution in [2.75, 3.05) is 26.1 Å². The molecule has 10 heteroatoms. The molecule has 0 spiro atoms. The van der Waals surface area contributed by atoms with E-state index in [1.54, 1.807) is 27.2 Å². The Bertz CT molecular complexity index is 1290. The van der Waals surface area contributed by atoms with Gasteiger partial charge < -0.3 is 28.7 Å². The van der Waals surface area contributed by atoms with Gasteiger partial charge in [0.05, 0.1) is 39.4 Å². The van der Waals surface area contributed by atoms with Gasteiger partial charge in [-0.05, 0) is 38.1 Å². The van der Waals surface area contributed by atoms with Crippen LogP contribution in [0.25, 0.3) is 0 Å². The second kappa shape index (κ2) is 11.9. The third-order valence-corrected chi connectivity index (χ3v) is 6.62. The van der Waals surface area contributed by atoms with Crippen LogP contribution >= 0.6 is 23.8 Å². The number of carbonyl (C=O) groups excluding carboxylic acids is 1. The van der Waals surface area contributed by atoms with E-state index >= 15 is 0 Å². The maximum absolute atomic E-state index is 11.8. The number of hydrogen-bond donors (Lipinski definition) is 1. The molecular formula is C27H29ClN2O6S. The third-order valence-electron chi connectivity index (χ3n) is 6.02. The summed E-state index contributed by atoms with van der Waals surface area (Å²) < 4.78 is 28.9. The van der Waals surface area contributed by atoms with Gasteiger partial charge in [-0.3, -0.25) is 4.79 Å². The molecule has 0 aliphatic carbocycles. The molecule has 0 unspecified atom stereocenters. The first-order valence-corrected chi connectivity index (χ1v) is 12.7. The van der Waals surface area contributed by atoms with Gasteiger partial charge in [-0.2, -0.15) is 0 Å². The minimum absolute atomic E-state index is 0.219. The molecule has 1 aliphatic heterocycles. The van der Waals surface area contributed by atoms with E-state index in [9.17, 15) is 4.79 Å². The number of rotatable bonds is 9. The lowest BCUT2D eigenvalue weighted by molar-refractivity contribution is -0.143. The fourth-order valence-corrected chi connectivity index (χ4v) is 4.72. The molecule has 0 bridgehead atoms. The smallest absolute Gasteiger partial charge is 0.306 e. The Labute approximate surface area is 226 Å². The number of aryl methyl sites for hydroxylation is 2. The molecular weight excluding hydrogens is 516 g/mol. The van der Waals surface area contributed by atoms with Crippen LogP contribution in [-0.2, 0) is 27.1 Å². The van der Waals surface area contributed by atoms with Crippen LogP contribution in [0.1, 0.15) is 47.9 Å². The zero-order valence-electron chi connectivity index (χ0n) is 21.1. The molecule has 0 radical (unpaired) electrons. The maximum atomic E-state index is 11.8. The van der Waals surface area contributed by atoms with E-state index in [4.69, 9.17) is 47.2 Å². The van der Waals surface area contributed by atoms with Crippen molar-refractivity contribution in [2.45, 2.75) is 45.3 Å². The van der Waals surface area contributed by atoms with Gasteiger partial charge in [-0.25, -0.2) is 4.98 Å². The Morgan fingerprint density at radius 2 is 2.00 bits per heavy atom. The minimum Gasteiger partial charge on any atom is -0.493 e. The van der Waals surface area contributed by atoms with E-state index in [1.165, 1.54) is 0 Å². The van der Waals surface area contributed by atoms with Crippen LogP contribution in [0.5, 0.6) is 11.5 Å². The van der Waals surface area contributed by atoms with Crippen LogP contribution in [0, 0.1) is 6.92 Å². The van der Waals surface area contributed by atoms with Crippen LogP contribution in [-0.4, -0.2) is 42.9 Å². The van der Waals surface area contributed by atoms with Gasteiger partial charge in [0, 0.05) is 28.3 Å². The van der Waals surface area contributed by atoms with Crippen molar-refractivity contribution in [3.8, 4) is 11.5 Å². The molecule has 0 fully saturated rings. The van der Waals surface area contributed by atoms with Crippen molar-refractivity contribution in [3.05, 3.63) is 69.9 Å². The summed E-state index contributed by atoms with van der Waals surface area (Å²) in [5, 5.41) is 3.87. The number of esters is 1. The van der Waals surface area contributed by atoms with Crippen molar-refractivity contribution in [3.63, 3.8) is 0 Å². The zero-order valence-corrected chi connectivity index (χ0v) is 22.7. The molecule has 1 aromatic heterocycles. The molecule has 196 valence electrons. The second-order valence-corrected chi connectivity index (χ2v) is 9.31. The molecule has 2 heterocycles. The molecule has 1 N–H and O–H groups in total. The van der Waals surface area contributed by atoms with Gasteiger partial charge in [-0.15, -0.1) is 0 Å². The predicted octanol–water partition coefficient (Wildman–Crippen LogP) is 5.62. The summed E-state index contributed by atoms with van der Waals surface area (Å²) in [5.41, 5.74) is 3.07. The quantitative estimate of drug-likeness (QED) is 0.272. The predicted molar refractivity (Wildman–Crippen MR) is 144 cm³/mol. The molecule has 0 saturated carbocycles. The lowest BCUT2D eigenvalue weighted by atomic mass is 9.98. The first-order chi connectivity index (χ1) is 17.8. The molecule has 4 rings (SSSR count). The first-order valence-electron chi connectivity index (χ1n) is 11.9. The number of oxazole rings is 1. The highest BCUT2D eigenvalue weighted by molar-refractivity contribution is 7.80. The summed E-state index contributed by atoms with van der Waals surface area (Å²) in [6.45, 7) is 3.97. The van der Waals surface area contributed by atoms with E-state index in [2.05, 4.69) is 10.3 Å². The van der Waals surface area contributed by atoms with Crippen molar-refractivity contribution in [1.29, 1.82) is 0 Å². The van der Waals surface area contributed by atoms with Gasteiger partial charge in [0.15, 0.2) is 17.4 Å². The van der Waals surface area contributed by atoms with Crippen LogP contribution in [0.15, 0.2) is 40.8 Å². The molecule has 1 aliphatic rings. The van der Waals surface area contributed by atoms with E-state index in [0.29, 0.717) is 51.9 Å². The summed E-state index contributed by atoms with van der Waals surface area (Å²) in [4.78, 5) is 16.8. The van der Waals surface area contributed by atoms with Crippen molar-refractivity contribution in [2.24, 2.45) is 0 Å². The molecule has 0 saturated heterocycles. The monoisotopic (exact) mass is 544 g/mol. The van der Waals surface area contributed by atoms with E-state index in [0.717, 1.165) is 16.8 Å². The normalized spacial score (nSPS) is 16.9. The molecule has 3 aromatic rings. The number of halogens is 1. The highest BCUT2D eigenvalue weighted by Gasteiger charge is 2.33. The fraction of sp³-hybridized carbons (Fsp3) is 0.370. The second-order valence-electron chi connectivity index (χ2n) is 8.43. The zero-order chi connectivity index (χ0) is 26.5. The number of methoxy groups -OCH3 is 2. The van der Waals surface area contributed by atoms with Gasteiger partial charge in [-0.1, -0.05) is 36.0 Å². The van der Waals surface area contributed by atoms with E-state index < -0.39 is 12.2 Å². The van der Waals surface area contributed by atoms with Crippen LogP contribution in [0.4, 0.5) is 5.69 Å². The number of nitrogens with zero attached hydrogens (tertiary/aromatic N) is 1. The van der Waals surface area contributed by atoms with Crippen LogP contribution < -0.4 is 14.8 Å². The number of fused-ring (bicyclic) bond motifs is 1. The number of para-hydroxylation sites is 1. The molecule has 0 amide bonds. The lowest BCUT2D eigenvalue weighted by Gasteiger charge is -2.24. The fourth-order valence-electron chi connectivity index (χ4n) is 4.29. The number of aromatic nitrogens is 1. The van der Waals surface area contributed by atoms with Crippen molar-refractivity contribution in [1.82, 2.24) is 4.98 Å². The molecule has 8 nitrogen and oxygen atoms in total. The Hall–Kier alpha value is -3.14. The number of benzene rings is 2. The summed E-state index contributed by atoms with van der Waals surface area (Å²) >= 11 is 12.1. The van der Waals surface area contributed by atoms with Gasteiger partial charge in [0.2, 0.25) is 0 Å². The number of carbonyl (C=O) groups is 1. The lowest BCUT2D eigenvalue weighted by Crippen LogP contribution is -2.30. The van der Waals surface area contributed by atoms with Gasteiger partial charge in [0.1, 0.15) is 23.0 Å². The Morgan fingerprint density at radius 3 is 2.73 bits per heavy atom. The standard InChI is InChI=1S/C27H29ClN2O6S/c1-5-34-24(31)12-11-20-15(2)29-23(35-20)14-22-27(37)30-19-10-9-16(28)13-18(19)25(36-22)17-7-6-8-21(32-3)26(17)33-4/h6-10,13,22,25H,5,11-12,14H2,1-4H3,(H,30,37)/t22-,25-/m1/s1. The topological polar surface area (TPSA) is 92.1 Å². The summed E-state index contributed by atoms with van der Waals surface area (Å²) in [7, 11) is 3.18.